The van der Waals surface area contributed by atoms with Crippen molar-refractivity contribution in [2.45, 2.75) is 6.04 Å². The van der Waals surface area contributed by atoms with Gasteiger partial charge in [-0.25, -0.2) is 4.79 Å². The van der Waals surface area contributed by atoms with Gasteiger partial charge in [-0.3, -0.25) is 0 Å². The van der Waals surface area contributed by atoms with Crippen LogP contribution in [-0.2, 0) is 0 Å². The predicted octanol–water partition coefficient (Wildman–Crippen LogP) is 0.157. The summed E-state index contributed by atoms with van der Waals surface area (Å²) in [6.07, 6.45) is 0. The van der Waals surface area contributed by atoms with E-state index in [1.54, 1.807) is 0 Å². The fourth-order valence-corrected chi connectivity index (χ4v) is 1.51. The molecule has 0 aromatic heterocycles. The smallest absolute Gasteiger partial charge is 0.315 e. The second-order valence-electron chi connectivity index (χ2n) is 3.28. The van der Waals surface area contributed by atoms with Gasteiger partial charge in [-0.15, -0.1) is 0 Å². The van der Waals surface area contributed by atoms with Crippen LogP contribution in [0.4, 0.5) is 4.79 Å². The number of hydrogen-bond acceptors (Lipinski definition) is 4. The Hall–Kier alpha value is -2.11. The van der Waals surface area contributed by atoms with Crippen molar-refractivity contribution in [2.75, 3.05) is 6.54 Å². The monoisotopic (exact) mass is 210 g/mol. The van der Waals surface area contributed by atoms with Gasteiger partial charge in [0.15, 0.2) is 11.5 Å². The Morgan fingerprint density at radius 2 is 1.93 bits per heavy atom. The van der Waals surface area contributed by atoms with E-state index in [2.05, 4.69) is 10.6 Å². The molecule has 2 rings (SSSR count). The average molecular weight is 210 g/mol. The van der Waals surface area contributed by atoms with Crippen LogP contribution in [0.1, 0.15) is 11.6 Å². The zero-order chi connectivity index (χ0) is 11.0. The maximum atomic E-state index is 10.9. The fourth-order valence-electron chi connectivity index (χ4n) is 1.51. The number of carbonyl (C=O) groups excluding carboxylic acids is 1. The molecule has 15 heavy (non-hydrogen) atoms. The van der Waals surface area contributed by atoms with Crippen molar-refractivity contribution < 1.29 is 20.1 Å². The van der Waals surface area contributed by atoms with Crippen LogP contribution in [0.15, 0.2) is 12.1 Å². The molecule has 1 aromatic carbocycles. The predicted molar refractivity (Wildman–Crippen MR) is 50.7 cm³/mol. The summed E-state index contributed by atoms with van der Waals surface area (Å²) in [5, 5.41) is 33.0. The van der Waals surface area contributed by atoms with Gasteiger partial charge >= 0.3 is 6.03 Å². The van der Waals surface area contributed by atoms with E-state index in [0.29, 0.717) is 12.1 Å². The molecular weight excluding hydrogens is 200 g/mol. The van der Waals surface area contributed by atoms with Gasteiger partial charge in [0.25, 0.3) is 0 Å². The summed E-state index contributed by atoms with van der Waals surface area (Å²) in [4.78, 5) is 10.9. The quantitative estimate of drug-likeness (QED) is 0.426. The van der Waals surface area contributed by atoms with Crippen molar-refractivity contribution in [3.05, 3.63) is 17.7 Å². The van der Waals surface area contributed by atoms with Gasteiger partial charge in [0, 0.05) is 12.1 Å². The van der Waals surface area contributed by atoms with Crippen molar-refractivity contribution in [1.29, 1.82) is 0 Å². The van der Waals surface area contributed by atoms with Crippen LogP contribution in [0.25, 0.3) is 0 Å². The van der Waals surface area contributed by atoms with Crippen molar-refractivity contribution in [3.8, 4) is 17.2 Å². The molecule has 1 fully saturated rings. The zero-order valence-corrected chi connectivity index (χ0v) is 7.69. The lowest BCUT2D eigenvalue weighted by molar-refractivity contribution is 0.247. The Kier molecular flexibility index (Phi) is 2.03. The number of benzene rings is 1. The Morgan fingerprint density at radius 3 is 2.53 bits per heavy atom. The van der Waals surface area contributed by atoms with Crippen LogP contribution >= 0.6 is 0 Å². The minimum absolute atomic E-state index is 0.327. The number of urea groups is 1. The molecule has 1 heterocycles. The van der Waals surface area contributed by atoms with E-state index in [1.165, 1.54) is 12.1 Å². The Balaban J connectivity index is 2.37. The van der Waals surface area contributed by atoms with Crippen LogP contribution in [-0.4, -0.2) is 27.9 Å². The summed E-state index contributed by atoms with van der Waals surface area (Å²) in [6, 6.07) is 1.98. The van der Waals surface area contributed by atoms with E-state index in [0.717, 1.165) is 0 Å². The van der Waals surface area contributed by atoms with E-state index in [-0.39, 0.29) is 6.03 Å². The molecule has 1 atom stereocenters. The third kappa shape index (κ3) is 1.50. The number of carbonyl (C=O) groups is 1. The summed E-state index contributed by atoms with van der Waals surface area (Å²) in [6.45, 7) is 0.330. The largest absolute Gasteiger partial charge is 0.504 e. The molecule has 1 aliphatic rings. The number of aromatic hydroxyl groups is 3. The summed E-state index contributed by atoms with van der Waals surface area (Å²) < 4.78 is 0. The SMILES string of the molecule is O=C1NC[C@@H](c2ccc(O)c(O)c2O)N1. The molecule has 0 unspecified atom stereocenters. The van der Waals surface area contributed by atoms with E-state index in [1.807, 2.05) is 0 Å². The molecule has 1 saturated heterocycles. The van der Waals surface area contributed by atoms with Gasteiger partial charge in [0.1, 0.15) is 0 Å². The number of nitrogens with one attached hydrogen (secondary N) is 2. The zero-order valence-electron chi connectivity index (χ0n) is 7.69. The molecular formula is C9H10N2O4. The van der Waals surface area contributed by atoms with E-state index in [4.69, 9.17) is 5.11 Å². The normalized spacial score (nSPS) is 19.7. The molecule has 6 nitrogen and oxygen atoms in total. The van der Waals surface area contributed by atoms with Gasteiger partial charge in [0.2, 0.25) is 5.75 Å². The van der Waals surface area contributed by atoms with Crippen molar-refractivity contribution in [1.82, 2.24) is 10.6 Å². The minimum Gasteiger partial charge on any atom is -0.504 e. The number of phenols is 3. The highest BCUT2D eigenvalue weighted by Gasteiger charge is 2.25. The molecule has 0 saturated carbocycles. The highest BCUT2D eigenvalue weighted by atomic mass is 16.3. The molecule has 80 valence electrons. The fraction of sp³-hybridized carbons (Fsp3) is 0.222. The number of hydrogen-bond donors (Lipinski definition) is 5. The maximum absolute atomic E-state index is 10.9. The second-order valence-corrected chi connectivity index (χ2v) is 3.28. The molecule has 0 bridgehead atoms. The first-order valence-corrected chi connectivity index (χ1v) is 4.37. The molecule has 6 heteroatoms. The number of rotatable bonds is 1. The molecule has 0 aliphatic carbocycles. The highest BCUT2D eigenvalue weighted by molar-refractivity contribution is 5.77. The maximum Gasteiger partial charge on any atom is 0.315 e. The summed E-state index contributed by atoms with van der Waals surface area (Å²) in [7, 11) is 0. The van der Waals surface area contributed by atoms with Crippen LogP contribution in [0.2, 0.25) is 0 Å². The van der Waals surface area contributed by atoms with Crippen LogP contribution in [0.3, 0.4) is 0 Å². The first-order chi connectivity index (χ1) is 7.09. The lowest BCUT2D eigenvalue weighted by Crippen LogP contribution is -2.21. The second kappa shape index (κ2) is 3.23. The number of phenolic OH excluding ortho intramolecular Hbond substituents is 3. The first-order valence-electron chi connectivity index (χ1n) is 4.37. The minimum atomic E-state index is -0.575. The molecule has 0 spiro atoms. The van der Waals surface area contributed by atoms with Gasteiger partial charge in [-0.1, -0.05) is 0 Å². The molecule has 5 N–H and O–H groups in total. The summed E-state index contributed by atoms with van der Waals surface area (Å²) in [5.74, 6) is -1.38. The molecule has 2 amide bonds. The Bertz CT molecular complexity index is 419. The Labute approximate surface area is 85.2 Å². The van der Waals surface area contributed by atoms with Crippen molar-refractivity contribution in [2.24, 2.45) is 0 Å². The summed E-state index contributed by atoms with van der Waals surface area (Å²) >= 11 is 0. The standard InChI is InChI=1S/C9H10N2O4/c12-6-2-1-4(7(13)8(6)14)5-3-10-9(15)11-5/h1-2,5,12-14H,3H2,(H2,10,11,15)/t5-/m0/s1. The van der Waals surface area contributed by atoms with Crippen LogP contribution in [0.5, 0.6) is 17.2 Å². The lowest BCUT2D eigenvalue weighted by Gasteiger charge is -2.12. The lowest BCUT2D eigenvalue weighted by atomic mass is 10.1. The van der Waals surface area contributed by atoms with Gasteiger partial charge < -0.3 is 26.0 Å². The molecule has 1 aliphatic heterocycles. The Morgan fingerprint density at radius 1 is 1.20 bits per heavy atom. The van der Waals surface area contributed by atoms with Gasteiger partial charge in [0.05, 0.1) is 6.04 Å². The van der Waals surface area contributed by atoms with Gasteiger partial charge in [-0.05, 0) is 12.1 Å². The highest BCUT2D eigenvalue weighted by Crippen LogP contribution is 2.39. The van der Waals surface area contributed by atoms with Crippen molar-refractivity contribution in [3.63, 3.8) is 0 Å². The average Bonchev–Trinajstić information content (AvgIpc) is 2.61. The van der Waals surface area contributed by atoms with Crippen LogP contribution < -0.4 is 10.6 Å². The topological polar surface area (TPSA) is 102 Å². The van der Waals surface area contributed by atoms with Crippen LogP contribution in [0, 0.1) is 0 Å². The molecule has 1 aromatic rings. The van der Waals surface area contributed by atoms with E-state index in [9.17, 15) is 15.0 Å². The third-order valence-corrected chi connectivity index (χ3v) is 2.31. The number of amides is 2. The van der Waals surface area contributed by atoms with E-state index >= 15 is 0 Å². The third-order valence-electron chi connectivity index (χ3n) is 2.31. The van der Waals surface area contributed by atoms with Gasteiger partial charge in [-0.2, -0.15) is 0 Å². The van der Waals surface area contributed by atoms with E-state index < -0.39 is 23.3 Å². The summed E-state index contributed by atoms with van der Waals surface area (Å²) in [5.41, 5.74) is 0.364. The molecule has 0 radical (unpaired) electrons. The first kappa shape index (κ1) is 9.45. The van der Waals surface area contributed by atoms with Crippen molar-refractivity contribution >= 4 is 6.03 Å².